The minimum Gasteiger partial charge on any atom is -0.396 e. The number of aliphatic hydroxyl groups is 1. The van der Waals surface area contributed by atoms with E-state index in [1.54, 1.807) is 0 Å². The van der Waals surface area contributed by atoms with Gasteiger partial charge in [-0.15, -0.1) is 0 Å². The van der Waals surface area contributed by atoms with E-state index in [0.717, 1.165) is 11.8 Å². The van der Waals surface area contributed by atoms with Crippen molar-refractivity contribution >= 4 is 0 Å². The molecule has 0 aromatic carbocycles. The van der Waals surface area contributed by atoms with Gasteiger partial charge in [0.25, 0.3) is 0 Å². The van der Waals surface area contributed by atoms with Crippen molar-refractivity contribution in [1.82, 2.24) is 0 Å². The molecule has 3 fully saturated rings. The zero-order chi connectivity index (χ0) is 6.72. The van der Waals surface area contributed by atoms with Crippen LogP contribution in [0.2, 0.25) is 0 Å². The quantitative estimate of drug-likeness (QED) is 0.535. The first kappa shape index (κ1) is 5.56. The molecule has 0 radical (unpaired) electrons. The highest BCUT2D eigenvalue weighted by Crippen LogP contribution is 2.58. The molecule has 1 saturated heterocycles. The Kier molecular flexibility index (Phi) is 0.868. The molecular formula is C8H12O2. The molecule has 0 spiro atoms. The molecular weight excluding hydrogens is 128 g/mol. The van der Waals surface area contributed by atoms with Gasteiger partial charge in [0.1, 0.15) is 0 Å². The van der Waals surface area contributed by atoms with Gasteiger partial charge in [0.05, 0.1) is 12.2 Å². The molecule has 3 aliphatic rings. The minimum atomic E-state index is 0.383. The van der Waals surface area contributed by atoms with Crippen LogP contribution in [0.4, 0.5) is 0 Å². The summed E-state index contributed by atoms with van der Waals surface area (Å²) in [6, 6.07) is 0. The molecule has 0 amide bonds. The molecule has 0 aromatic heterocycles. The Balaban J connectivity index is 1.85. The molecule has 2 aliphatic carbocycles. The van der Waals surface area contributed by atoms with E-state index in [1.165, 1.54) is 12.8 Å². The van der Waals surface area contributed by atoms with E-state index >= 15 is 0 Å². The Labute approximate surface area is 60.2 Å². The van der Waals surface area contributed by atoms with Crippen molar-refractivity contribution in [3.05, 3.63) is 0 Å². The van der Waals surface area contributed by atoms with Crippen LogP contribution in [0.5, 0.6) is 0 Å². The van der Waals surface area contributed by atoms with Crippen molar-refractivity contribution in [2.75, 3.05) is 6.61 Å². The van der Waals surface area contributed by atoms with Gasteiger partial charge < -0.3 is 9.84 Å². The summed E-state index contributed by atoms with van der Waals surface area (Å²) in [6.45, 7) is 0.383. The lowest BCUT2D eigenvalue weighted by Gasteiger charge is -2.15. The Hall–Kier alpha value is -0.0800. The topological polar surface area (TPSA) is 32.8 Å². The Bertz CT molecular complexity index is 169. The average molecular weight is 140 g/mol. The highest BCUT2D eigenvalue weighted by molar-refractivity contribution is 5.10. The number of hydrogen-bond donors (Lipinski definition) is 1. The molecule has 0 aromatic rings. The summed E-state index contributed by atoms with van der Waals surface area (Å²) >= 11 is 0. The van der Waals surface area contributed by atoms with Crippen LogP contribution in [-0.4, -0.2) is 23.9 Å². The van der Waals surface area contributed by atoms with Crippen molar-refractivity contribution in [3.8, 4) is 0 Å². The van der Waals surface area contributed by atoms with Crippen molar-refractivity contribution < 1.29 is 9.84 Å². The number of fused-ring (bicyclic) bond motifs is 5. The number of epoxide rings is 1. The third kappa shape index (κ3) is 0.487. The van der Waals surface area contributed by atoms with E-state index in [1.807, 2.05) is 0 Å². The normalized spacial score (nSPS) is 62.7. The third-order valence-electron chi connectivity index (χ3n) is 3.47. The molecule has 2 saturated carbocycles. The van der Waals surface area contributed by atoms with E-state index in [9.17, 15) is 0 Å². The van der Waals surface area contributed by atoms with Crippen molar-refractivity contribution in [3.63, 3.8) is 0 Å². The Morgan fingerprint density at radius 3 is 2.80 bits per heavy atom. The monoisotopic (exact) mass is 140 g/mol. The lowest BCUT2D eigenvalue weighted by Crippen LogP contribution is -2.20. The lowest BCUT2D eigenvalue weighted by molar-refractivity contribution is 0.173. The summed E-state index contributed by atoms with van der Waals surface area (Å²) in [5.41, 5.74) is 0. The first-order valence-corrected chi connectivity index (χ1v) is 4.16. The zero-order valence-corrected chi connectivity index (χ0v) is 5.86. The molecule has 1 N–H and O–H groups in total. The van der Waals surface area contributed by atoms with Crippen LogP contribution in [0.1, 0.15) is 12.8 Å². The first-order valence-electron chi connectivity index (χ1n) is 4.16. The molecule has 2 bridgehead atoms. The maximum absolute atomic E-state index is 8.97. The van der Waals surface area contributed by atoms with Gasteiger partial charge in [-0.05, 0) is 30.6 Å². The summed E-state index contributed by atoms with van der Waals surface area (Å²) in [4.78, 5) is 0. The number of aliphatic hydroxyl groups excluding tert-OH is 1. The van der Waals surface area contributed by atoms with E-state index in [0.29, 0.717) is 24.7 Å². The van der Waals surface area contributed by atoms with Gasteiger partial charge in [-0.2, -0.15) is 0 Å². The van der Waals surface area contributed by atoms with E-state index < -0.39 is 0 Å². The summed E-state index contributed by atoms with van der Waals surface area (Å²) < 4.78 is 5.46. The number of rotatable bonds is 1. The van der Waals surface area contributed by atoms with Gasteiger partial charge in [0, 0.05) is 6.61 Å². The second-order valence-electron chi connectivity index (χ2n) is 3.90. The Morgan fingerprint density at radius 2 is 2.20 bits per heavy atom. The first-order chi connectivity index (χ1) is 4.90. The van der Waals surface area contributed by atoms with Gasteiger partial charge in [0.2, 0.25) is 0 Å². The summed E-state index contributed by atoms with van der Waals surface area (Å²) in [7, 11) is 0. The highest BCUT2D eigenvalue weighted by Gasteiger charge is 2.62. The standard InChI is InChI=1S/C8H12O2/c9-3-5-1-4-2-6(5)8-7(4)10-8/h4-9H,1-3H2. The summed E-state index contributed by atoms with van der Waals surface area (Å²) in [5.74, 6) is 2.11. The molecule has 2 nitrogen and oxygen atoms in total. The van der Waals surface area contributed by atoms with Gasteiger partial charge in [-0.1, -0.05) is 0 Å². The maximum atomic E-state index is 8.97. The molecule has 2 heteroatoms. The van der Waals surface area contributed by atoms with Crippen LogP contribution in [0.25, 0.3) is 0 Å². The van der Waals surface area contributed by atoms with Crippen molar-refractivity contribution in [2.45, 2.75) is 25.0 Å². The van der Waals surface area contributed by atoms with Crippen molar-refractivity contribution in [1.29, 1.82) is 0 Å². The fourth-order valence-corrected chi connectivity index (χ4v) is 2.94. The van der Waals surface area contributed by atoms with Crippen LogP contribution in [0.3, 0.4) is 0 Å². The average Bonchev–Trinajstić information content (AvgIpc) is 2.58. The highest BCUT2D eigenvalue weighted by atomic mass is 16.6. The van der Waals surface area contributed by atoms with Crippen molar-refractivity contribution in [2.24, 2.45) is 17.8 Å². The predicted octanol–water partition coefficient (Wildman–Crippen LogP) is 0.402. The van der Waals surface area contributed by atoms with E-state index in [-0.39, 0.29) is 0 Å². The minimum absolute atomic E-state index is 0.383. The predicted molar refractivity (Wildman–Crippen MR) is 35.5 cm³/mol. The zero-order valence-electron chi connectivity index (χ0n) is 5.86. The lowest BCUT2D eigenvalue weighted by atomic mass is 9.90. The van der Waals surface area contributed by atoms with Crippen LogP contribution < -0.4 is 0 Å². The summed E-state index contributed by atoms with van der Waals surface area (Å²) in [6.07, 6.45) is 3.74. The maximum Gasteiger partial charge on any atom is 0.0876 e. The molecule has 3 rings (SSSR count). The summed E-state index contributed by atoms with van der Waals surface area (Å²) in [5, 5.41) is 8.97. The molecule has 1 aliphatic heterocycles. The Morgan fingerprint density at radius 1 is 1.30 bits per heavy atom. The van der Waals surface area contributed by atoms with Gasteiger partial charge in [-0.3, -0.25) is 0 Å². The number of ether oxygens (including phenoxy) is 1. The fourth-order valence-electron chi connectivity index (χ4n) is 2.94. The van der Waals surface area contributed by atoms with Gasteiger partial charge in [0.15, 0.2) is 0 Å². The number of hydrogen-bond acceptors (Lipinski definition) is 2. The molecule has 1 heterocycles. The smallest absolute Gasteiger partial charge is 0.0876 e. The van der Waals surface area contributed by atoms with Gasteiger partial charge >= 0.3 is 0 Å². The van der Waals surface area contributed by atoms with Gasteiger partial charge in [-0.25, -0.2) is 0 Å². The molecule has 5 atom stereocenters. The second kappa shape index (κ2) is 1.56. The molecule has 10 heavy (non-hydrogen) atoms. The largest absolute Gasteiger partial charge is 0.396 e. The van der Waals surface area contributed by atoms with Crippen LogP contribution >= 0.6 is 0 Å². The van der Waals surface area contributed by atoms with E-state index in [4.69, 9.17) is 9.84 Å². The van der Waals surface area contributed by atoms with Crippen LogP contribution in [0, 0.1) is 17.8 Å². The molecule has 56 valence electrons. The second-order valence-corrected chi connectivity index (χ2v) is 3.90. The molecule has 5 unspecified atom stereocenters. The van der Waals surface area contributed by atoms with Crippen LogP contribution in [0.15, 0.2) is 0 Å². The fraction of sp³-hybridized carbons (Fsp3) is 1.00. The SMILES string of the molecule is OCC1CC2CC1C1OC21. The third-order valence-corrected chi connectivity index (χ3v) is 3.47. The van der Waals surface area contributed by atoms with Crippen LogP contribution in [-0.2, 0) is 4.74 Å². The van der Waals surface area contributed by atoms with E-state index in [2.05, 4.69) is 0 Å².